The second-order valence-corrected chi connectivity index (χ2v) is 5.81. The van der Waals surface area contributed by atoms with Crippen LogP contribution in [-0.2, 0) is 9.53 Å². The number of carboxylic acid groups (broad SMARTS) is 1. The molecule has 0 spiro atoms. The highest BCUT2D eigenvalue weighted by Crippen LogP contribution is 2.28. The Balaban J connectivity index is 3.02. The van der Waals surface area contributed by atoms with Crippen molar-refractivity contribution in [3.8, 4) is 5.75 Å². The number of benzene rings is 1. The number of carboxylic acids is 1. The van der Waals surface area contributed by atoms with E-state index in [1.54, 1.807) is 0 Å². The number of esters is 1. The lowest BCUT2D eigenvalue weighted by atomic mass is 10.0. The first kappa shape index (κ1) is 17.6. The molecule has 1 rings (SSSR count). The summed E-state index contributed by atoms with van der Waals surface area (Å²) >= 11 is 1.81. The van der Waals surface area contributed by atoms with Crippen molar-refractivity contribution in [2.75, 3.05) is 0 Å². The van der Waals surface area contributed by atoms with Gasteiger partial charge in [-0.3, -0.25) is 0 Å². The van der Waals surface area contributed by atoms with Crippen molar-refractivity contribution >= 4 is 34.5 Å². The van der Waals surface area contributed by atoms with Gasteiger partial charge >= 0.3 is 11.9 Å². The number of carbonyl (C=O) groups is 2. The van der Waals surface area contributed by atoms with Gasteiger partial charge in [0.1, 0.15) is 11.7 Å². The molecule has 0 amide bonds. The Bertz CT molecular complexity index is 559. The quantitative estimate of drug-likeness (QED) is 0.585. The van der Waals surface area contributed by atoms with Crippen LogP contribution >= 0.6 is 22.6 Å². The molecule has 1 atom stereocenters. The third-order valence-corrected chi connectivity index (χ3v) is 3.56. The van der Waals surface area contributed by atoms with Crippen LogP contribution in [0.1, 0.15) is 24.2 Å². The zero-order valence-electron chi connectivity index (χ0n) is 11.1. The normalized spacial score (nSPS) is 13.0. The van der Waals surface area contributed by atoms with Crippen LogP contribution in [0.4, 0.5) is 8.78 Å². The first-order valence-electron chi connectivity index (χ1n) is 5.86. The summed E-state index contributed by atoms with van der Waals surface area (Å²) in [6.45, 7) is 2.58. The maximum absolute atomic E-state index is 13.5. The number of ether oxygens (including phenoxy) is 1. The van der Waals surface area contributed by atoms with Crippen LogP contribution < -0.4 is 5.11 Å². The molecule has 1 unspecified atom stereocenters. The van der Waals surface area contributed by atoms with Gasteiger partial charge in [0.15, 0.2) is 6.10 Å². The number of phenols is 1. The minimum Gasteiger partial charge on any atom is -0.544 e. The SMILES string of the molecule is CC(C)C(OC(=O)c1ccc(I)c(O)c1)C(F)(F)C(=O)[O-]. The van der Waals surface area contributed by atoms with Gasteiger partial charge in [-0.2, -0.15) is 8.78 Å². The molecular formula is C13H12F2IO5-. The van der Waals surface area contributed by atoms with Crippen molar-refractivity contribution in [3.63, 3.8) is 0 Å². The fourth-order valence-corrected chi connectivity index (χ4v) is 1.90. The van der Waals surface area contributed by atoms with E-state index in [1.807, 2.05) is 22.6 Å². The summed E-state index contributed by atoms with van der Waals surface area (Å²) in [5.74, 6) is -9.23. The summed E-state index contributed by atoms with van der Waals surface area (Å²) < 4.78 is 32.0. The lowest BCUT2D eigenvalue weighted by Gasteiger charge is -2.30. The van der Waals surface area contributed by atoms with Crippen LogP contribution in [0.5, 0.6) is 5.75 Å². The van der Waals surface area contributed by atoms with Gasteiger partial charge in [-0.25, -0.2) is 4.79 Å². The Labute approximate surface area is 133 Å². The van der Waals surface area contributed by atoms with E-state index in [-0.39, 0.29) is 11.3 Å². The fraction of sp³-hybridized carbons (Fsp3) is 0.385. The van der Waals surface area contributed by atoms with Crippen LogP contribution in [0.3, 0.4) is 0 Å². The molecule has 5 nitrogen and oxygen atoms in total. The number of hydrogen-bond donors (Lipinski definition) is 1. The predicted molar refractivity (Wildman–Crippen MR) is 74.8 cm³/mol. The standard InChI is InChI=1S/C13H13F2IO5/c1-6(2)10(13(14,15)12(19)20)21-11(18)7-3-4-8(16)9(17)5-7/h3-6,10,17H,1-2H3,(H,19,20)/p-1. The molecule has 8 heteroatoms. The number of hydrogen-bond acceptors (Lipinski definition) is 5. The van der Waals surface area contributed by atoms with Gasteiger partial charge in [-0.05, 0) is 46.7 Å². The molecule has 1 aromatic carbocycles. The molecule has 0 bridgehead atoms. The second kappa shape index (κ2) is 6.54. The molecule has 1 N–H and O–H groups in total. The second-order valence-electron chi connectivity index (χ2n) is 4.65. The Hall–Kier alpha value is -1.45. The van der Waals surface area contributed by atoms with E-state index in [4.69, 9.17) is 0 Å². The molecular weight excluding hydrogens is 401 g/mol. The molecule has 0 aliphatic carbocycles. The third kappa shape index (κ3) is 4.02. The van der Waals surface area contributed by atoms with Crippen LogP contribution in [0.25, 0.3) is 0 Å². The monoisotopic (exact) mass is 413 g/mol. The van der Waals surface area contributed by atoms with E-state index in [2.05, 4.69) is 4.74 Å². The minimum absolute atomic E-state index is 0.160. The van der Waals surface area contributed by atoms with Crippen molar-refractivity contribution in [1.82, 2.24) is 0 Å². The Morgan fingerprint density at radius 3 is 2.38 bits per heavy atom. The fourth-order valence-electron chi connectivity index (χ4n) is 1.57. The topological polar surface area (TPSA) is 86.7 Å². The van der Waals surface area contributed by atoms with Crippen molar-refractivity contribution in [2.45, 2.75) is 25.9 Å². The maximum atomic E-state index is 13.5. The first-order chi connectivity index (χ1) is 9.57. The summed E-state index contributed by atoms with van der Waals surface area (Å²) in [6, 6.07) is 3.73. The lowest BCUT2D eigenvalue weighted by Crippen LogP contribution is -2.53. The number of aliphatic carboxylic acids is 1. The molecule has 1 aromatic rings. The summed E-state index contributed by atoms with van der Waals surface area (Å²) in [7, 11) is 0. The van der Waals surface area contributed by atoms with E-state index in [0.29, 0.717) is 3.57 Å². The average molecular weight is 413 g/mol. The highest BCUT2D eigenvalue weighted by atomic mass is 127. The molecule has 0 fully saturated rings. The maximum Gasteiger partial charge on any atom is 0.338 e. The Morgan fingerprint density at radius 1 is 1.38 bits per heavy atom. The van der Waals surface area contributed by atoms with Gasteiger partial charge in [0, 0.05) is 0 Å². The molecule has 0 aromatic heterocycles. The zero-order chi connectivity index (χ0) is 16.4. The number of halogens is 3. The predicted octanol–water partition coefficient (Wildman–Crippen LogP) is 1.56. The van der Waals surface area contributed by atoms with Gasteiger partial charge in [0.05, 0.1) is 9.13 Å². The summed E-state index contributed by atoms with van der Waals surface area (Å²) in [5, 5.41) is 20.0. The molecule has 116 valence electrons. The number of carbonyl (C=O) groups excluding carboxylic acids is 2. The van der Waals surface area contributed by atoms with Crippen LogP contribution in [-0.4, -0.2) is 29.1 Å². The highest BCUT2D eigenvalue weighted by molar-refractivity contribution is 14.1. The lowest BCUT2D eigenvalue weighted by molar-refractivity contribution is -0.337. The Kier molecular flexibility index (Phi) is 5.48. The molecule has 0 aliphatic rings. The van der Waals surface area contributed by atoms with Gasteiger partial charge in [0.2, 0.25) is 0 Å². The molecule has 0 saturated carbocycles. The molecule has 0 aliphatic heterocycles. The summed E-state index contributed by atoms with van der Waals surface area (Å²) in [6.07, 6.45) is -2.17. The zero-order valence-corrected chi connectivity index (χ0v) is 13.3. The van der Waals surface area contributed by atoms with E-state index in [0.717, 1.165) is 6.07 Å². The molecule has 0 radical (unpaired) electrons. The van der Waals surface area contributed by atoms with Crippen LogP contribution in [0.2, 0.25) is 0 Å². The minimum atomic E-state index is -4.31. The summed E-state index contributed by atoms with van der Waals surface area (Å²) in [4.78, 5) is 22.3. The smallest absolute Gasteiger partial charge is 0.338 e. The van der Waals surface area contributed by atoms with Crippen molar-refractivity contribution in [1.29, 1.82) is 0 Å². The number of aromatic hydroxyl groups is 1. The molecule has 0 saturated heterocycles. The highest BCUT2D eigenvalue weighted by Gasteiger charge is 2.46. The van der Waals surface area contributed by atoms with Crippen LogP contribution in [0.15, 0.2) is 18.2 Å². The van der Waals surface area contributed by atoms with Gasteiger partial charge in [-0.1, -0.05) is 13.8 Å². The number of phenolic OH excluding ortho intramolecular Hbond substituents is 1. The van der Waals surface area contributed by atoms with E-state index < -0.39 is 29.9 Å². The number of rotatable bonds is 5. The largest absolute Gasteiger partial charge is 0.544 e. The van der Waals surface area contributed by atoms with E-state index in [9.17, 15) is 28.6 Å². The molecule has 0 heterocycles. The first-order valence-corrected chi connectivity index (χ1v) is 6.94. The summed E-state index contributed by atoms with van der Waals surface area (Å²) in [5.41, 5.74) is -0.160. The Morgan fingerprint density at radius 2 is 1.95 bits per heavy atom. The van der Waals surface area contributed by atoms with Gasteiger partial charge in [0.25, 0.3) is 0 Å². The van der Waals surface area contributed by atoms with E-state index >= 15 is 0 Å². The average Bonchev–Trinajstić information content (AvgIpc) is 2.38. The third-order valence-electron chi connectivity index (χ3n) is 2.65. The molecule has 21 heavy (non-hydrogen) atoms. The number of alkyl halides is 2. The van der Waals surface area contributed by atoms with Crippen LogP contribution in [0, 0.1) is 9.49 Å². The van der Waals surface area contributed by atoms with Crippen molar-refractivity contribution in [2.24, 2.45) is 5.92 Å². The van der Waals surface area contributed by atoms with Crippen molar-refractivity contribution in [3.05, 3.63) is 27.3 Å². The van der Waals surface area contributed by atoms with Gasteiger partial charge in [-0.15, -0.1) is 0 Å². The van der Waals surface area contributed by atoms with Crippen molar-refractivity contribution < 1.29 is 33.3 Å². The van der Waals surface area contributed by atoms with Gasteiger partial charge < -0.3 is 19.7 Å². The van der Waals surface area contributed by atoms with E-state index in [1.165, 1.54) is 26.0 Å².